The van der Waals surface area contributed by atoms with Crippen molar-refractivity contribution in [2.24, 2.45) is 0 Å². The molecule has 0 bridgehead atoms. The summed E-state index contributed by atoms with van der Waals surface area (Å²) < 4.78 is 9.16. The summed E-state index contributed by atoms with van der Waals surface area (Å²) in [6.45, 7) is 4.41. The Balaban J connectivity index is 2.21. The minimum absolute atomic E-state index is 0.00232. The molecule has 19 heavy (non-hydrogen) atoms. The second-order valence-corrected chi connectivity index (χ2v) is 3.69. The first-order chi connectivity index (χ1) is 8.91. The maximum atomic E-state index is 11.1. The highest BCUT2D eigenvalue weighted by molar-refractivity contribution is 6.01. The van der Waals surface area contributed by atoms with E-state index in [-0.39, 0.29) is 31.6 Å². The Morgan fingerprint density at radius 1 is 1.16 bits per heavy atom. The molecule has 0 saturated carbocycles. The number of carbonyl (C=O) groups is 4. The number of amides is 2. The topological polar surface area (TPSA) is 99.2 Å². The van der Waals surface area contributed by atoms with Crippen molar-refractivity contribution >= 4 is 23.9 Å². The zero-order chi connectivity index (χ0) is 14.4. The molecule has 1 aliphatic rings. The van der Waals surface area contributed by atoms with Gasteiger partial charge < -0.3 is 9.47 Å². The van der Waals surface area contributed by atoms with Crippen molar-refractivity contribution < 1.29 is 33.5 Å². The van der Waals surface area contributed by atoms with Gasteiger partial charge in [-0.25, -0.2) is 9.59 Å². The molecular weight excluding hydrogens is 258 g/mol. The van der Waals surface area contributed by atoms with Crippen molar-refractivity contribution in [3.8, 4) is 0 Å². The van der Waals surface area contributed by atoms with Crippen LogP contribution in [0.3, 0.4) is 0 Å². The first-order valence-electron chi connectivity index (χ1n) is 5.45. The highest BCUT2D eigenvalue weighted by Crippen LogP contribution is 2.12. The summed E-state index contributed by atoms with van der Waals surface area (Å²) in [5.74, 6) is -1.81. The van der Waals surface area contributed by atoms with Gasteiger partial charge in [0.2, 0.25) is 0 Å². The van der Waals surface area contributed by atoms with Crippen LogP contribution in [0, 0.1) is 0 Å². The molecule has 0 atom stereocenters. The lowest BCUT2D eigenvalue weighted by Gasteiger charge is -2.12. The maximum Gasteiger partial charge on any atom is 0.534 e. The van der Waals surface area contributed by atoms with Gasteiger partial charge in [0, 0.05) is 18.4 Å². The Morgan fingerprint density at radius 3 is 2.21 bits per heavy atom. The predicted molar refractivity (Wildman–Crippen MR) is 59.3 cm³/mol. The number of rotatable bonds is 5. The molecule has 0 N–H and O–H groups in total. The van der Waals surface area contributed by atoms with Gasteiger partial charge in [0.25, 0.3) is 11.8 Å². The van der Waals surface area contributed by atoms with Crippen LogP contribution >= 0.6 is 0 Å². The van der Waals surface area contributed by atoms with E-state index in [1.165, 1.54) is 6.92 Å². The molecule has 2 amide bonds. The van der Waals surface area contributed by atoms with E-state index in [1.54, 1.807) is 0 Å². The molecule has 0 aromatic carbocycles. The van der Waals surface area contributed by atoms with Crippen LogP contribution < -0.4 is 0 Å². The number of carbonyl (C=O) groups excluding carboxylic acids is 4. The summed E-state index contributed by atoms with van der Waals surface area (Å²) >= 11 is 0. The number of esters is 1. The summed E-state index contributed by atoms with van der Waals surface area (Å²) in [7, 11) is 0. The molecule has 1 rings (SSSR count). The first kappa shape index (κ1) is 14.7. The van der Waals surface area contributed by atoms with E-state index >= 15 is 0 Å². The van der Waals surface area contributed by atoms with E-state index < -0.39 is 23.9 Å². The summed E-state index contributed by atoms with van der Waals surface area (Å²) in [6.07, 6.45) is -1.21. The third kappa shape index (κ3) is 4.41. The molecule has 0 unspecified atom stereocenters. The molecule has 1 fully saturated rings. The van der Waals surface area contributed by atoms with Crippen LogP contribution in [-0.4, -0.2) is 42.2 Å². The maximum absolute atomic E-state index is 11.1. The zero-order valence-electron chi connectivity index (χ0n) is 10.3. The molecule has 1 aliphatic heterocycles. The Bertz CT molecular complexity index is 413. The van der Waals surface area contributed by atoms with Gasteiger partial charge in [-0.3, -0.25) is 14.4 Å². The predicted octanol–water partition coefficient (Wildman–Crippen LogP) is 0.323. The van der Waals surface area contributed by atoms with Crippen molar-refractivity contribution in [2.75, 3.05) is 13.2 Å². The van der Waals surface area contributed by atoms with E-state index in [2.05, 4.69) is 20.9 Å². The number of hydrogen-bond acceptors (Lipinski definition) is 7. The minimum atomic E-state index is -1.21. The fraction of sp³-hybridized carbons (Fsp3) is 0.455. The van der Waals surface area contributed by atoms with Crippen molar-refractivity contribution in [1.29, 1.82) is 0 Å². The minimum Gasteiger partial charge on any atom is -0.459 e. The quantitative estimate of drug-likeness (QED) is 0.307. The lowest BCUT2D eigenvalue weighted by molar-refractivity contribution is -0.177. The third-order valence-corrected chi connectivity index (χ3v) is 2.06. The zero-order valence-corrected chi connectivity index (χ0v) is 10.3. The standard InChI is InChI=1S/C11H13NO7/c1-7(2)10(15)17-5-6-18-11(16)19-12-8(13)3-4-9(12)14/h1,3-6H2,2H3. The van der Waals surface area contributed by atoms with Gasteiger partial charge in [0.1, 0.15) is 13.2 Å². The summed E-state index contributed by atoms with van der Waals surface area (Å²) in [5.41, 5.74) is 0.218. The van der Waals surface area contributed by atoms with Gasteiger partial charge in [0.05, 0.1) is 0 Å². The number of nitrogens with zero attached hydrogens (tertiary/aromatic N) is 1. The SMILES string of the molecule is C=C(C)C(=O)OCCOC(=O)ON1C(=O)CCC1=O. The highest BCUT2D eigenvalue weighted by atomic mass is 16.8. The third-order valence-electron chi connectivity index (χ3n) is 2.06. The number of hydrogen-bond donors (Lipinski definition) is 0. The monoisotopic (exact) mass is 271 g/mol. The van der Waals surface area contributed by atoms with Crippen LogP contribution in [0.4, 0.5) is 4.79 Å². The Kier molecular flexibility index (Phi) is 5.04. The van der Waals surface area contributed by atoms with Crippen LogP contribution in [-0.2, 0) is 28.7 Å². The lowest BCUT2D eigenvalue weighted by Crippen LogP contribution is -2.32. The van der Waals surface area contributed by atoms with E-state index in [0.717, 1.165) is 0 Å². The second kappa shape index (κ2) is 6.53. The molecule has 8 nitrogen and oxygen atoms in total. The van der Waals surface area contributed by atoms with Crippen LogP contribution in [0.2, 0.25) is 0 Å². The summed E-state index contributed by atoms with van der Waals surface area (Å²) in [4.78, 5) is 48.7. The van der Waals surface area contributed by atoms with Crippen molar-refractivity contribution in [2.45, 2.75) is 19.8 Å². The Labute approximate surface area is 108 Å². The highest BCUT2D eigenvalue weighted by Gasteiger charge is 2.33. The van der Waals surface area contributed by atoms with Gasteiger partial charge >= 0.3 is 12.1 Å². The van der Waals surface area contributed by atoms with Crippen LogP contribution in [0.5, 0.6) is 0 Å². The van der Waals surface area contributed by atoms with E-state index in [4.69, 9.17) is 0 Å². The molecule has 1 saturated heterocycles. The second-order valence-electron chi connectivity index (χ2n) is 3.69. The van der Waals surface area contributed by atoms with Gasteiger partial charge in [-0.2, -0.15) is 0 Å². The normalized spacial score (nSPS) is 14.3. The van der Waals surface area contributed by atoms with Crippen LogP contribution in [0.15, 0.2) is 12.2 Å². The van der Waals surface area contributed by atoms with Crippen molar-refractivity contribution in [3.63, 3.8) is 0 Å². The Hall–Kier alpha value is -2.38. The van der Waals surface area contributed by atoms with E-state index in [0.29, 0.717) is 5.06 Å². The molecule has 0 aromatic heterocycles. The fourth-order valence-corrected chi connectivity index (χ4v) is 1.14. The van der Waals surface area contributed by atoms with Crippen molar-refractivity contribution in [3.05, 3.63) is 12.2 Å². The average Bonchev–Trinajstić information content (AvgIpc) is 2.66. The van der Waals surface area contributed by atoms with Gasteiger partial charge in [-0.05, 0) is 6.92 Å². The Morgan fingerprint density at radius 2 is 1.68 bits per heavy atom. The molecule has 104 valence electrons. The number of imide groups is 1. The number of ether oxygens (including phenoxy) is 2. The largest absolute Gasteiger partial charge is 0.534 e. The average molecular weight is 271 g/mol. The summed E-state index contributed by atoms with van der Waals surface area (Å²) in [6, 6.07) is 0. The molecule has 1 heterocycles. The fourth-order valence-electron chi connectivity index (χ4n) is 1.14. The molecule has 0 spiro atoms. The molecule has 0 aliphatic carbocycles. The molecular formula is C11H13NO7. The van der Waals surface area contributed by atoms with Gasteiger partial charge in [-0.15, -0.1) is 0 Å². The van der Waals surface area contributed by atoms with Crippen molar-refractivity contribution in [1.82, 2.24) is 5.06 Å². The number of hydroxylamine groups is 2. The van der Waals surface area contributed by atoms with Gasteiger partial charge in [0.15, 0.2) is 0 Å². The first-order valence-corrected chi connectivity index (χ1v) is 5.45. The molecule has 0 aromatic rings. The molecule has 8 heteroatoms. The summed E-state index contributed by atoms with van der Waals surface area (Å²) in [5, 5.41) is 0.363. The molecule has 0 radical (unpaired) electrons. The van der Waals surface area contributed by atoms with Crippen LogP contribution in [0.1, 0.15) is 19.8 Å². The van der Waals surface area contributed by atoms with E-state index in [9.17, 15) is 19.2 Å². The van der Waals surface area contributed by atoms with Gasteiger partial charge in [-0.1, -0.05) is 11.6 Å². The smallest absolute Gasteiger partial charge is 0.459 e. The lowest BCUT2D eigenvalue weighted by atomic mass is 10.4. The van der Waals surface area contributed by atoms with Crippen LogP contribution in [0.25, 0.3) is 0 Å². The van der Waals surface area contributed by atoms with E-state index in [1.807, 2.05) is 0 Å².